The lowest BCUT2D eigenvalue weighted by Crippen LogP contribution is -2.65. The average molecular weight is 478 g/mol. The molecule has 2 N–H and O–H groups in total. The van der Waals surface area contributed by atoms with Gasteiger partial charge in [0.15, 0.2) is 11.4 Å². The molecule has 0 radical (unpaired) electrons. The van der Waals surface area contributed by atoms with Gasteiger partial charge in [0.1, 0.15) is 0 Å². The Morgan fingerprint density at radius 2 is 1.12 bits per heavy atom. The van der Waals surface area contributed by atoms with Crippen LogP contribution < -0.4 is 5.32 Å². The molecule has 2 aliphatic rings. The lowest BCUT2D eigenvalue weighted by atomic mass is 9.72. The fraction of sp³-hybridized carbons (Fsp3) is 0.931. The molecule has 0 saturated carbocycles. The van der Waals surface area contributed by atoms with Crippen molar-refractivity contribution in [1.29, 1.82) is 5.41 Å². The molecule has 1 amide bonds. The van der Waals surface area contributed by atoms with Crippen LogP contribution in [-0.4, -0.2) is 40.1 Å². The second kappa shape index (κ2) is 13.8. The Hall–Kier alpha value is -1.10. The van der Waals surface area contributed by atoms with E-state index >= 15 is 0 Å². The Kier molecular flexibility index (Phi) is 11.9. The molecule has 5 heteroatoms. The van der Waals surface area contributed by atoms with Crippen LogP contribution in [0.4, 0.5) is 4.79 Å². The maximum atomic E-state index is 12.6. The highest BCUT2D eigenvalue weighted by atomic mass is 16.6. The van der Waals surface area contributed by atoms with Crippen molar-refractivity contribution < 1.29 is 9.53 Å². The summed E-state index contributed by atoms with van der Waals surface area (Å²) >= 11 is 0. The van der Waals surface area contributed by atoms with Crippen molar-refractivity contribution in [3.63, 3.8) is 0 Å². The van der Waals surface area contributed by atoms with E-state index in [9.17, 15) is 4.79 Å². The van der Waals surface area contributed by atoms with E-state index in [2.05, 4.69) is 39.9 Å². The fourth-order valence-electron chi connectivity index (χ4n) is 6.36. The van der Waals surface area contributed by atoms with Crippen LogP contribution in [0.15, 0.2) is 0 Å². The number of nitrogens with one attached hydrogen (secondary N) is 2. The van der Waals surface area contributed by atoms with Crippen LogP contribution in [0, 0.1) is 5.41 Å². The molecule has 198 valence electrons. The van der Waals surface area contributed by atoms with Gasteiger partial charge in [0, 0.05) is 30.5 Å². The number of hydrogen-bond acceptors (Lipinski definition) is 4. The van der Waals surface area contributed by atoms with Crippen LogP contribution in [0.3, 0.4) is 0 Å². The molecule has 0 aromatic heterocycles. The van der Waals surface area contributed by atoms with Crippen molar-refractivity contribution in [2.75, 3.05) is 6.54 Å². The van der Waals surface area contributed by atoms with E-state index in [0.717, 1.165) is 12.8 Å². The summed E-state index contributed by atoms with van der Waals surface area (Å²) in [5.41, 5.74) is -1.11. The van der Waals surface area contributed by atoms with Crippen LogP contribution in [0.5, 0.6) is 0 Å². The molecule has 2 rings (SSSR count). The molecule has 5 nitrogen and oxygen atoms in total. The topological polar surface area (TPSA) is 65.4 Å². The molecule has 2 saturated heterocycles. The van der Waals surface area contributed by atoms with Gasteiger partial charge in [-0.2, -0.15) is 0 Å². The summed E-state index contributed by atoms with van der Waals surface area (Å²) < 4.78 is 5.89. The van der Waals surface area contributed by atoms with Gasteiger partial charge in [-0.15, -0.1) is 0 Å². The predicted molar refractivity (Wildman–Crippen MR) is 144 cm³/mol. The Morgan fingerprint density at radius 1 is 0.735 bits per heavy atom. The number of ether oxygens (including phenoxy) is 1. The zero-order chi connectivity index (χ0) is 25.1. The molecule has 0 bridgehead atoms. The van der Waals surface area contributed by atoms with Gasteiger partial charge in [-0.25, -0.2) is 4.79 Å². The second-order valence-electron chi connectivity index (χ2n) is 12.4. The number of hydrogen-bond donors (Lipinski definition) is 2. The quantitative estimate of drug-likeness (QED) is 0.207. The Balaban J connectivity index is 1.51. The van der Waals surface area contributed by atoms with Gasteiger partial charge in [-0.3, -0.25) is 10.3 Å². The fourth-order valence-corrected chi connectivity index (χ4v) is 6.36. The SMILES string of the molecule is CCCCCCCCCCCCCCCCCCN1C(=N)C2(CC(C)(C)NC(C)(C)C2)OC1=O. The number of carbonyl (C=O) groups is 1. The van der Waals surface area contributed by atoms with Gasteiger partial charge in [-0.1, -0.05) is 103 Å². The highest BCUT2D eigenvalue weighted by Gasteiger charge is 2.58. The lowest BCUT2D eigenvalue weighted by molar-refractivity contribution is -0.00564. The summed E-state index contributed by atoms with van der Waals surface area (Å²) in [7, 11) is 0. The molecule has 0 aromatic carbocycles. The minimum absolute atomic E-state index is 0.168. The molecule has 2 heterocycles. The molecule has 34 heavy (non-hydrogen) atoms. The Bertz CT molecular complexity index is 613. The zero-order valence-electron chi connectivity index (χ0n) is 23.2. The predicted octanol–water partition coefficient (Wildman–Crippen LogP) is 8.36. The van der Waals surface area contributed by atoms with Gasteiger partial charge in [0.2, 0.25) is 0 Å². The third-order valence-electron chi connectivity index (χ3n) is 7.57. The van der Waals surface area contributed by atoms with Crippen LogP contribution in [0.1, 0.15) is 150 Å². The average Bonchev–Trinajstić information content (AvgIpc) is 2.93. The number of nitrogens with zero attached hydrogens (tertiary/aromatic N) is 1. The second-order valence-corrected chi connectivity index (χ2v) is 12.4. The summed E-state index contributed by atoms with van der Waals surface area (Å²) in [5, 5.41) is 12.4. The number of piperidine rings is 1. The molecule has 2 fully saturated rings. The van der Waals surface area contributed by atoms with Crippen LogP contribution >= 0.6 is 0 Å². The molecule has 1 spiro atoms. The third kappa shape index (κ3) is 9.51. The van der Waals surface area contributed by atoms with Crippen LogP contribution in [-0.2, 0) is 4.74 Å². The molecule has 0 aliphatic carbocycles. The third-order valence-corrected chi connectivity index (χ3v) is 7.57. The van der Waals surface area contributed by atoms with Crippen molar-refractivity contribution >= 4 is 11.9 Å². The Morgan fingerprint density at radius 3 is 1.53 bits per heavy atom. The number of carbonyl (C=O) groups excluding carboxylic acids is 1. The van der Waals surface area contributed by atoms with Crippen molar-refractivity contribution in [3.05, 3.63) is 0 Å². The summed E-state index contributed by atoms with van der Waals surface area (Å²) in [6.45, 7) is 11.4. The van der Waals surface area contributed by atoms with Crippen molar-refractivity contribution in [1.82, 2.24) is 10.2 Å². The molecular weight excluding hydrogens is 422 g/mol. The number of unbranched alkanes of at least 4 members (excludes halogenated alkanes) is 15. The first-order chi connectivity index (χ1) is 16.1. The van der Waals surface area contributed by atoms with Crippen LogP contribution in [0.2, 0.25) is 0 Å². The monoisotopic (exact) mass is 477 g/mol. The first kappa shape index (κ1) is 29.1. The van der Waals surface area contributed by atoms with Crippen molar-refractivity contribution in [3.8, 4) is 0 Å². The highest BCUT2D eigenvalue weighted by molar-refractivity contribution is 6.04. The maximum Gasteiger partial charge on any atom is 0.416 e. The van der Waals surface area contributed by atoms with Gasteiger partial charge < -0.3 is 10.1 Å². The minimum Gasteiger partial charge on any atom is -0.434 e. The number of amidine groups is 1. The largest absolute Gasteiger partial charge is 0.434 e. The van der Waals surface area contributed by atoms with Crippen molar-refractivity contribution in [2.45, 2.75) is 167 Å². The molecule has 0 aromatic rings. The zero-order valence-corrected chi connectivity index (χ0v) is 23.2. The number of amides is 1. The van der Waals surface area contributed by atoms with Crippen LogP contribution in [0.25, 0.3) is 0 Å². The summed E-state index contributed by atoms with van der Waals surface area (Å²) in [6.07, 6.45) is 22.4. The molecule has 2 aliphatic heterocycles. The van der Waals surface area contributed by atoms with Gasteiger partial charge in [-0.05, 0) is 34.1 Å². The van der Waals surface area contributed by atoms with E-state index in [1.54, 1.807) is 4.90 Å². The Labute approximate surface area is 210 Å². The number of rotatable bonds is 17. The first-order valence-corrected chi connectivity index (χ1v) is 14.5. The lowest BCUT2D eigenvalue weighted by Gasteiger charge is -2.49. The minimum atomic E-state index is -0.773. The highest BCUT2D eigenvalue weighted by Crippen LogP contribution is 2.43. The van der Waals surface area contributed by atoms with Crippen molar-refractivity contribution in [2.24, 2.45) is 0 Å². The van der Waals surface area contributed by atoms with E-state index in [-0.39, 0.29) is 17.2 Å². The van der Waals surface area contributed by atoms with E-state index in [4.69, 9.17) is 10.1 Å². The first-order valence-electron chi connectivity index (χ1n) is 14.5. The maximum absolute atomic E-state index is 12.6. The standard InChI is InChI=1S/C29H55N3O2/c1-6-7-8-9-10-11-12-13-14-15-16-17-18-19-20-21-22-32-25(30)29(34-26(32)33)23-27(2,3)31-28(4,5)24-29/h30-31H,6-24H2,1-5H3. The molecule has 0 atom stereocenters. The van der Waals surface area contributed by atoms with Gasteiger partial charge >= 0.3 is 6.09 Å². The van der Waals surface area contributed by atoms with Gasteiger partial charge in [0.25, 0.3) is 0 Å². The normalized spacial score (nSPS) is 20.8. The van der Waals surface area contributed by atoms with E-state index in [0.29, 0.717) is 25.2 Å². The van der Waals surface area contributed by atoms with E-state index in [1.807, 2.05) is 0 Å². The molecule has 0 unspecified atom stereocenters. The summed E-state index contributed by atoms with van der Waals surface area (Å²) in [5.74, 6) is 0.376. The van der Waals surface area contributed by atoms with E-state index < -0.39 is 5.60 Å². The van der Waals surface area contributed by atoms with Gasteiger partial charge in [0.05, 0.1) is 0 Å². The van der Waals surface area contributed by atoms with E-state index in [1.165, 1.54) is 89.9 Å². The summed E-state index contributed by atoms with van der Waals surface area (Å²) in [6, 6.07) is 0. The smallest absolute Gasteiger partial charge is 0.416 e. The molecular formula is C29H55N3O2. The summed E-state index contributed by atoms with van der Waals surface area (Å²) in [4.78, 5) is 14.2.